The zero-order valence-electron chi connectivity index (χ0n) is 12.3. The van der Waals surface area contributed by atoms with Crippen molar-refractivity contribution in [1.82, 2.24) is 25.2 Å². The highest BCUT2D eigenvalue weighted by Gasteiger charge is 2.25. The molecule has 2 heterocycles. The van der Waals surface area contributed by atoms with E-state index in [2.05, 4.69) is 15.6 Å². The third kappa shape index (κ3) is 3.78. The van der Waals surface area contributed by atoms with Crippen molar-refractivity contribution in [2.75, 3.05) is 19.6 Å². The monoisotopic (exact) mass is 295 g/mol. The molecule has 21 heavy (non-hydrogen) atoms. The predicted molar refractivity (Wildman–Crippen MR) is 75.0 cm³/mol. The first-order valence-corrected chi connectivity index (χ1v) is 7.14. The summed E-state index contributed by atoms with van der Waals surface area (Å²) in [6, 6.07) is 0.250. The molecule has 8 nitrogen and oxygen atoms in total. The van der Waals surface area contributed by atoms with Crippen molar-refractivity contribution in [2.24, 2.45) is 0 Å². The molecule has 1 amide bonds. The number of rotatable bonds is 7. The number of carboxylic acids is 1. The van der Waals surface area contributed by atoms with Crippen LogP contribution in [-0.4, -0.2) is 62.6 Å². The third-order valence-corrected chi connectivity index (χ3v) is 3.54. The number of carbonyl (C=O) groups is 2. The van der Waals surface area contributed by atoms with Gasteiger partial charge in [0.05, 0.1) is 12.2 Å². The van der Waals surface area contributed by atoms with E-state index in [4.69, 9.17) is 5.11 Å². The summed E-state index contributed by atoms with van der Waals surface area (Å²) >= 11 is 0. The molecule has 1 aliphatic heterocycles. The van der Waals surface area contributed by atoms with Crippen LogP contribution in [-0.2, 0) is 4.79 Å². The Kier molecular flexibility index (Phi) is 4.89. The zero-order chi connectivity index (χ0) is 15.4. The molecule has 1 saturated heterocycles. The number of hydrogen-bond donors (Lipinski definition) is 2. The molecule has 0 unspecified atom stereocenters. The Balaban J connectivity index is 1.99. The summed E-state index contributed by atoms with van der Waals surface area (Å²) < 4.78 is 1.71. The van der Waals surface area contributed by atoms with Gasteiger partial charge in [-0.15, -0.1) is 5.10 Å². The topological polar surface area (TPSA) is 100 Å². The van der Waals surface area contributed by atoms with Gasteiger partial charge in [0.1, 0.15) is 0 Å². The van der Waals surface area contributed by atoms with Gasteiger partial charge in [-0.1, -0.05) is 5.21 Å². The van der Waals surface area contributed by atoms with Crippen molar-refractivity contribution in [1.29, 1.82) is 0 Å². The second-order valence-corrected chi connectivity index (χ2v) is 5.49. The number of carbonyl (C=O) groups excluding carboxylic acids is 1. The number of nitrogens with one attached hydrogen (secondary N) is 1. The van der Waals surface area contributed by atoms with Gasteiger partial charge in [-0.05, 0) is 20.3 Å². The lowest BCUT2D eigenvalue weighted by molar-refractivity contribution is -0.137. The Morgan fingerprint density at radius 3 is 2.76 bits per heavy atom. The number of aliphatic carboxylic acids is 1. The molecular weight excluding hydrogens is 274 g/mol. The summed E-state index contributed by atoms with van der Waals surface area (Å²) in [5.41, 5.74) is 0.311. The van der Waals surface area contributed by atoms with Gasteiger partial charge in [0, 0.05) is 32.1 Å². The van der Waals surface area contributed by atoms with Crippen molar-refractivity contribution >= 4 is 11.9 Å². The Morgan fingerprint density at radius 1 is 1.52 bits per heavy atom. The molecule has 0 atom stereocenters. The summed E-state index contributed by atoms with van der Waals surface area (Å²) in [5.74, 6) is -1.05. The molecule has 2 rings (SSSR count). The number of hydrogen-bond acceptors (Lipinski definition) is 5. The van der Waals surface area contributed by atoms with Crippen LogP contribution in [0.15, 0.2) is 6.20 Å². The lowest BCUT2D eigenvalue weighted by Crippen LogP contribution is -2.43. The molecule has 0 saturated carbocycles. The van der Waals surface area contributed by atoms with Crippen LogP contribution < -0.4 is 5.32 Å². The van der Waals surface area contributed by atoms with E-state index in [-0.39, 0.29) is 24.4 Å². The highest BCUT2D eigenvalue weighted by molar-refractivity contribution is 5.92. The van der Waals surface area contributed by atoms with Crippen LogP contribution in [0.5, 0.6) is 0 Å². The minimum absolute atomic E-state index is 0.0122. The van der Waals surface area contributed by atoms with Crippen LogP contribution in [0, 0.1) is 0 Å². The first-order valence-electron chi connectivity index (χ1n) is 7.14. The van der Waals surface area contributed by atoms with Gasteiger partial charge in [-0.25, -0.2) is 4.68 Å². The first-order chi connectivity index (χ1) is 9.99. The first kappa shape index (κ1) is 15.4. The van der Waals surface area contributed by atoms with Gasteiger partial charge in [-0.2, -0.15) is 0 Å². The third-order valence-electron chi connectivity index (χ3n) is 3.54. The second kappa shape index (κ2) is 6.66. The lowest BCUT2D eigenvalue weighted by atomic mass is 10.2. The van der Waals surface area contributed by atoms with E-state index >= 15 is 0 Å². The summed E-state index contributed by atoms with van der Waals surface area (Å²) in [4.78, 5) is 24.7. The molecule has 1 aromatic heterocycles. The smallest absolute Gasteiger partial charge is 0.303 e. The van der Waals surface area contributed by atoms with Crippen LogP contribution in [0.1, 0.15) is 43.2 Å². The minimum atomic E-state index is -0.852. The van der Waals surface area contributed by atoms with E-state index in [1.807, 2.05) is 13.8 Å². The van der Waals surface area contributed by atoms with Crippen LogP contribution in [0.4, 0.5) is 0 Å². The van der Waals surface area contributed by atoms with Crippen molar-refractivity contribution in [3.63, 3.8) is 0 Å². The zero-order valence-corrected chi connectivity index (χ0v) is 12.3. The predicted octanol–water partition coefficient (Wildman–Crippen LogP) is 0.138. The summed E-state index contributed by atoms with van der Waals surface area (Å²) in [7, 11) is 0. The van der Waals surface area contributed by atoms with Crippen LogP contribution in [0.3, 0.4) is 0 Å². The Bertz CT molecular complexity index is 510. The average Bonchev–Trinajstić information content (AvgIpc) is 2.80. The van der Waals surface area contributed by atoms with E-state index in [1.165, 1.54) is 0 Å². The van der Waals surface area contributed by atoms with Gasteiger partial charge >= 0.3 is 5.97 Å². The van der Waals surface area contributed by atoms with Gasteiger partial charge in [-0.3, -0.25) is 9.59 Å². The molecule has 0 aliphatic carbocycles. The fraction of sp³-hybridized carbons (Fsp3) is 0.692. The maximum Gasteiger partial charge on any atom is 0.303 e. The van der Waals surface area contributed by atoms with E-state index < -0.39 is 5.97 Å². The quantitative estimate of drug-likeness (QED) is 0.742. The van der Waals surface area contributed by atoms with Gasteiger partial charge in [0.15, 0.2) is 5.69 Å². The SMILES string of the molecule is CC(C)N(CCCC(=O)O)C(=O)c1cn(C2CNC2)nn1. The fourth-order valence-electron chi connectivity index (χ4n) is 2.16. The molecule has 0 bridgehead atoms. The summed E-state index contributed by atoms with van der Waals surface area (Å²) in [6.07, 6.45) is 2.15. The fourth-order valence-corrected chi connectivity index (χ4v) is 2.16. The summed E-state index contributed by atoms with van der Waals surface area (Å²) in [6.45, 7) is 5.88. The molecule has 0 aromatic carbocycles. The standard InChI is InChI=1S/C13H21N5O3/c1-9(2)17(5-3-4-12(19)20)13(21)11-8-18(16-15-11)10-6-14-7-10/h8-10,14H,3-7H2,1-2H3,(H,19,20). The highest BCUT2D eigenvalue weighted by Crippen LogP contribution is 2.12. The number of aromatic nitrogens is 3. The summed E-state index contributed by atoms with van der Waals surface area (Å²) in [5, 5.41) is 19.8. The van der Waals surface area contributed by atoms with E-state index in [0.29, 0.717) is 18.7 Å². The van der Waals surface area contributed by atoms with Crippen molar-refractivity contribution in [2.45, 2.75) is 38.8 Å². The van der Waals surface area contributed by atoms with E-state index in [9.17, 15) is 9.59 Å². The molecule has 0 spiro atoms. The van der Waals surface area contributed by atoms with Crippen molar-refractivity contribution in [3.8, 4) is 0 Å². The van der Waals surface area contributed by atoms with Crippen LogP contribution >= 0.6 is 0 Å². The Labute approximate surface area is 123 Å². The molecule has 1 fully saturated rings. The lowest BCUT2D eigenvalue weighted by Gasteiger charge is -2.27. The van der Waals surface area contributed by atoms with Gasteiger partial charge in [0.25, 0.3) is 5.91 Å². The van der Waals surface area contributed by atoms with Gasteiger partial charge in [0.2, 0.25) is 0 Å². The molecule has 116 valence electrons. The molecule has 1 aliphatic rings. The number of amides is 1. The van der Waals surface area contributed by atoms with Crippen LogP contribution in [0.25, 0.3) is 0 Å². The number of carboxylic acid groups (broad SMARTS) is 1. The minimum Gasteiger partial charge on any atom is -0.481 e. The number of nitrogens with zero attached hydrogens (tertiary/aromatic N) is 4. The van der Waals surface area contributed by atoms with E-state index in [1.54, 1.807) is 15.8 Å². The van der Waals surface area contributed by atoms with E-state index in [0.717, 1.165) is 13.1 Å². The van der Waals surface area contributed by atoms with Crippen LogP contribution in [0.2, 0.25) is 0 Å². The normalized spacial score (nSPS) is 15.0. The second-order valence-electron chi connectivity index (χ2n) is 5.49. The Hall–Kier alpha value is -1.96. The maximum absolute atomic E-state index is 12.5. The highest BCUT2D eigenvalue weighted by atomic mass is 16.4. The molecule has 0 radical (unpaired) electrons. The Morgan fingerprint density at radius 2 is 2.24 bits per heavy atom. The molecular formula is C13H21N5O3. The maximum atomic E-state index is 12.5. The molecule has 1 aromatic rings. The molecule has 8 heteroatoms. The van der Waals surface area contributed by atoms with Crippen molar-refractivity contribution in [3.05, 3.63) is 11.9 Å². The largest absolute Gasteiger partial charge is 0.481 e. The van der Waals surface area contributed by atoms with Gasteiger partial charge < -0.3 is 15.3 Å². The van der Waals surface area contributed by atoms with Crippen molar-refractivity contribution < 1.29 is 14.7 Å². The molecule has 2 N–H and O–H groups in total. The average molecular weight is 295 g/mol.